The summed E-state index contributed by atoms with van der Waals surface area (Å²) >= 11 is 5.16. The van der Waals surface area contributed by atoms with Crippen molar-refractivity contribution in [2.45, 2.75) is 30.4 Å². The van der Waals surface area contributed by atoms with Gasteiger partial charge in [0.15, 0.2) is 0 Å². The van der Waals surface area contributed by atoms with Crippen LogP contribution in [0.25, 0.3) is 0 Å². The minimum absolute atomic E-state index is 0.174. The quantitative estimate of drug-likeness (QED) is 0.714. The molecule has 1 aromatic rings. The van der Waals surface area contributed by atoms with Crippen LogP contribution in [0, 0.1) is 11.3 Å². The molecule has 1 nitrogen and oxygen atoms in total. The van der Waals surface area contributed by atoms with Gasteiger partial charge in [-0.05, 0) is 18.2 Å². The molecule has 0 spiro atoms. The maximum atomic E-state index is 8.80. The lowest BCUT2D eigenvalue weighted by molar-refractivity contribution is 0.803. The fourth-order valence-electron chi connectivity index (χ4n) is 1.04. The van der Waals surface area contributed by atoms with Crippen LogP contribution < -0.4 is 0 Å². The first kappa shape index (κ1) is 11.6. The van der Waals surface area contributed by atoms with Gasteiger partial charge >= 0.3 is 0 Å². The van der Waals surface area contributed by atoms with Crippen LogP contribution in [0.15, 0.2) is 27.6 Å². The number of hydrogen-bond acceptors (Lipinski definition) is 2. The summed E-state index contributed by atoms with van der Waals surface area (Å²) in [5.74, 6) is 0. The molecule has 1 aromatic carbocycles. The van der Waals surface area contributed by atoms with Gasteiger partial charge < -0.3 is 0 Å². The van der Waals surface area contributed by atoms with Gasteiger partial charge in [-0.3, -0.25) is 0 Å². The van der Waals surface area contributed by atoms with E-state index in [1.807, 2.05) is 18.2 Å². The number of nitriles is 1. The van der Waals surface area contributed by atoms with Crippen molar-refractivity contribution in [3.05, 3.63) is 28.2 Å². The average molecular weight is 270 g/mol. The second kappa shape index (κ2) is 4.37. The summed E-state index contributed by atoms with van der Waals surface area (Å²) < 4.78 is 1.14. The fraction of sp³-hybridized carbons (Fsp3) is 0.364. The lowest BCUT2D eigenvalue weighted by Gasteiger charge is -2.17. The number of hydrogen-bond donors (Lipinski definition) is 0. The summed E-state index contributed by atoms with van der Waals surface area (Å²) in [4.78, 5) is 1.13. The summed E-state index contributed by atoms with van der Waals surface area (Å²) in [5.41, 5.74) is 0.700. The third kappa shape index (κ3) is 3.73. The molecule has 0 unspecified atom stereocenters. The molecule has 0 atom stereocenters. The third-order valence-electron chi connectivity index (χ3n) is 1.42. The van der Waals surface area contributed by atoms with Crippen molar-refractivity contribution in [1.82, 2.24) is 0 Å². The summed E-state index contributed by atoms with van der Waals surface area (Å²) in [6.07, 6.45) is 0. The Balaban J connectivity index is 3.00. The first-order valence-corrected chi connectivity index (χ1v) is 5.91. The maximum absolute atomic E-state index is 8.80. The Labute approximate surface area is 97.6 Å². The Morgan fingerprint density at radius 2 is 1.93 bits per heavy atom. The molecule has 0 aliphatic heterocycles. The number of halogens is 1. The number of thioether (sulfide) groups is 1. The van der Waals surface area contributed by atoms with E-state index in [1.54, 1.807) is 11.8 Å². The van der Waals surface area contributed by atoms with Gasteiger partial charge in [0.25, 0.3) is 0 Å². The molecule has 74 valence electrons. The van der Waals surface area contributed by atoms with Crippen LogP contribution in [0.5, 0.6) is 0 Å². The van der Waals surface area contributed by atoms with Crippen molar-refractivity contribution < 1.29 is 0 Å². The molecule has 0 N–H and O–H groups in total. The number of benzene rings is 1. The first-order valence-electron chi connectivity index (χ1n) is 4.30. The normalized spacial score (nSPS) is 11.1. The van der Waals surface area contributed by atoms with E-state index >= 15 is 0 Å². The molecular formula is C11H12BrNS. The topological polar surface area (TPSA) is 23.8 Å². The van der Waals surface area contributed by atoms with Crippen LogP contribution >= 0.6 is 27.7 Å². The predicted octanol–water partition coefficient (Wildman–Crippen LogP) is 4.21. The molecule has 0 saturated carbocycles. The van der Waals surface area contributed by atoms with E-state index < -0.39 is 0 Å². The lowest BCUT2D eigenvalue weighted by atomic mass is 10.2. The number of rotatable bonds is 1. The minimum atomic E-state index is 0.174. The SMILES string of the molecule is CC(C)(C)Sc1cc(Br)cc(C#N)c1. The van der Waals surface area contributed by atoms with Gasteiger partial charge in [-0.15, -0.1) is 11.8 Å². The van der Waals surface area contributed by atoms with Gasteiger partial charge in [0, 0.05) is 14.1 Å². The smallest absolute Gasteiger partial charge is 0.0992 e. The number of nitrogens with zero attached hydrogens (tertiary/aromatic N) is 1. The maximum Gasteiger partial charge on any atom is 0.0992 e. The van der Waals surface area contributed by atoms with Crippen molar-refractivity contribution >= 4 is 27.7 Å². The van der Waals surface area contributed by atoms with Crippen molar-refractivity contribution in [3.8, 4) is 6.07 Å². The van der Waals surface area contributed by atoms with E-state index in [0.29, 0.717) is 5.56 Å². The zero-order chi connectivity index (χ0) is 10.8. The van der Waals surface area contributed by atoms with Crippen molar-refractivity contribution in [2.24, 2.45) is 0 Å². The predicted molar refractivity (Wildman–Crippen MR) is 64.5 cm³/mol. The molecule has 0 bridgehead atoms. The molecular weight excluding hydrogens is 258 g/mol. The molecule has 1 rings (SSSR count). The van der Waals surface area contributed by atoms with E-state index in [9.17, 15) is 0 Å². The van der Waals surface area contributed by atoms with Crippen molar-refractivity contribution in [3.63, 3.8) is 0 Å². The van der Waals surface area contributed by atoms with Gasteiger partial charge in [0.2, 0.25) is 0 Å². The fourth-order valence-corrected chi connectivity index (χ4v) is 2.76. The van der Waals surface area contributed by atoms with E-state index in [1.165, 1.54) is 0 Å². The van der Waals surface area contributed by atoms with Crippen LogP contribution in [0.4, 0.5) is 0 Å². The average Bonchev–Trinajstić information content (AvgIpc) is 1.99. The Hall–Kier alpha value is -0.460. The second-order valence-corrected chi connectivity index (χ2v) is 6.82. The molecule has 0 aliphatic rings. The summed E-state index contributed by atoms with van der Waals surface area (Å²) in [6, 6.07) is 7.93. The van der Waals surface area contributed by atoms with E-state index in [2.05, 4.69) is 42.8 Å². The summed E-state index contributed by atoms with van der Waals surface area (Å²) in [6.45, 7) is 6.47. The van der Waals surface area contributed by atoms with Crippen LogP contribution in [0.3, 0.4) is 0 Å². The molecule has 0 aromatic heterocycles. The monoisotopic (exact) mass is 269 g/mol. The van der Waals surface area contributed by atoms with Crippen molar-refractivity contribution in [2.75, 3.05) is 0 Å². The zero-order valence-electron chi connectivity index (χ0n) is 8.47. The molecule has 0 aliphatic carbocycles. The molecule has 0 amide bonds. The molecule has 0 fully saturated rings. The van der Waals surface area contributed by atoms with Gasteiger partial charge in [-0.25, -0.2) is 0 Å². The van der Waals surface area contributed by atoms with Gasteiger partial charge in [0.1, 0.15) is 0 Å². The lowest BCUT2D eigenvalue weighted by Crippen LogP contribution is -2.06. The molecule has 3 heteroatoms. The third-order valence-corrected chi connectivity index (χ3v) is 2.97. The molecule has 0 radical (unpaired) electrons. The highest BCUT2D eigenvalue weighted by molar-refractivity contribution is 9.10. The van der Waals surface area contributed by atoms with Gasteiger partial charge in [-0.2, -0.15) is 5.26 Å². The van der Waals surface area contributed by atoms with Gasteiger partial charge in [-0.1, -0.05) is 36.7 Å². The Bertz CT molecular complexity index is 374. The summed E-state index contributed by atoms with van der Waals surface area (Å²) in [7, 11) is 0. The van der Waals surface area contributed by atoms with E-state index in [4.69, 9.17) is 5.26 Å². The van der Waals surface area contributed by atoms with E-state index in [0.717, 1.165) is 9.37 Å². The largest absolute Gasteiger partial charge is 0.192 e. The van der Waals surface area contributed by atoms with Crippen LogP contribution in [-0.4, -0.2) is 4.75 Å². The minimum Gasteiger partial charge on any atom is -0.192 e. The molecule has 0 saturated heterocycles. The zero-order valence-corrected chi connectivity index (χ0v) is 10.9. The first-order chi connectivity index (χ1) is 6.40. The van der Waals surface area contributed by atoms with E-state index in [-0.39, 0.29) is 4.75 Å². The van der Waals surface area contributed by atoms with Crippen LogP contribution in [0.1, 0.15) is 26.3 Å². The van der Waals surface area contributed by atoms with Crippen molar-refractivity contribution in [1.29, 1.82) is 5.26 Å². The highest BCUT2D eigenvalue weighted by Crippen LogP contribution is 2.33. The second-order valence-electron chi connectivity index (χ2n) is 4.00. The highest BCUT2D eigenvalue weighted by Gasteiger charge is 2.12. The van der Waals surface area contributed by atoms with Gasteiger partial charge in [0.05, 0.1) is 11.6 Å². The highest BCUT2D eigenvalue weighted by atomic mass is 79.9. The standard InChI is InChI=1S/C11H12BrNS/c1-11(2,3)14-10-5-8(7-13)4-9(12)6-10/h4-6H,1-3H3. The Kier molecular flexibility index (Phi) is 3.63. The molecule has 0 heterocycles. The Morgan fingerprint density at radius 3 is 2.43 bits per heavy atom. The molecule has 14 heavy (non-hydrogen) atoms. The van der Waals surface area contributed by atoms with Crippen LogP contribution in [0.2, 0.25) is 0 Å². The van der Waals surface area contributed by atoms with Crippen LogP contribution in [-0.2, 0) is 0 Å². The Morgan fingerprint density at radius 1 is 1.29 bits per heavy atom. The summed E-state index contributed by atoms with van der Waals surface area (Å²) in [5, 5.41) is 8.80.